The summed E-state index contributed by atoms with van der Waals surface area (Å²) in [6.07, 6.45) is -0.0612. The standard InChI is InChI=1S/C18H16F3NO3S/c1-25-16(23)11-15(12-5-3-2-4-6-12)22-17(24)13-7-9-14(10-8-13)26-18(19,20)21/h2-10,15H,11H2,1H3,(H,22,24). The summed E-state index contributed by atoms with van der Waals surface area (Å²) in [6, 6.07) is 13.3. The number of nitrogens with one attached hydrogen (secondary N) is 1. The van der Waals surface area contributed by atoms with E-state index in [2.05, 4.69) is 10.1 Å². The maximum Gasteiger partial charge on any atom is 0.446 e. The fraction of sp³-hybridized carbons (Fsp3) is 0.222. The Kier molecular flexibility index (Phi) is 6.68. The minimum Gasteiger partial charge on any atom is -0.469 e. The third-order valence-electron chi connectivity index (χ3n) is 3.46. The summed E-state index contributed by atoms with van der Waals surface area (Å²) in [5, 5.41) is 2.71. The minimum absolute atomic E-state index is 0.0109. The summed E-state index contributed by atoms with van der Waals surface area (Å²) in [4.78, 5) is 24.0. The Morgan fingerprint density at radius 2 is 1.69 bits per heavy atom. The van der Waals surface area contributed by atoms with Crippen molar-refractivity contribution in [1.29, 1.82) is 0 Å². The number of methoxy groups -OCH3 is 1. The summed E-state index contributed by atoms with van der Waals surface area (Å²) in [7, 11) is 1.25. The van der Waals surface area contributed by atoms with E-state index in [-0.39, 0.29) is 28.6 Å². The number of esters is 1. The zero-order valence-electron chi connectivity index (χ0n) is 13.7. The molecule has 0 aromatic heterocycles. The Hall–Kier alpha value is -2.48. The first-order valence-electron chi connectivity index (χ1n) is 7.57. The average molecular weight is 383 g/mol. The molecule has 26 heavy (non-hydrogen) atoms. The molecule has 2 aromatic carbocycles. The molecule has 2 aromatic rings. The van der Waals surface area contributed by atoms with Crippen molar-refractivity contribution in [1.82, 2.24) is 5.32 Å². The molecule has 2 rings (SSSR count). The highest BCUT2D eigenvalue weighted by atomic mass is 32.2. The Balaban J connectivity index is 2.12. The quantitative estimate of drug-likeness (QED) is 0.596. The zero-order chi connectivity index (χ0) is 19.2. The van der Waals surface area contributed by atoms with Gasteiger partial charge in [-0.1, -0.05) is 30.3 Å². The highest BCUT2D eigenvalue weighted by Crippen LogP contribution is 2.36. The van der Waals surface area contributed by atoms with Gasteiger partial charge in [0.2, 0.25) is 0 Å². The third kappa shape index (κ3) is 6.11. The Morgan fingerprint density at radius 3 is 2.23 bits per heavy atom. The number of thioether (sulfide) groups is 1. The molecule has 8 heteroatoms. The molecule has 0 heterocycles. The van der Waals surface area contributed by atoms with E-state index in [4.69, 9.17) is 0 Å². The fourth-order valence-corrected chi connectivity index (χ4v) is 2.78. The molecule has 1 atom stereocenters. The molecule has 1 amide bonds. The lowest BCUT2D eigenvalue weighted by molar-refractivity contribution is -0.141. The van der Waals surface area contributed by atoms with Gasteiger partial charge in [-0.15, -0.1) is 0 Å². The van der Waals surface area contributed by atoms with Crippen molar-refractivity contribution in [3.63, 3.8) is 0 Å². The Morgan fingerprint density at radius 1 is 1.08 bits per heavy atom. The number of benzene rings is 2. The summed E-state index contributed by atoms with van der Waals surface area (Å²) >= 11 is -0.250. The number of amides is 1. The van der Waals surface area contributed by atoms with Crippen LogP contribution in [0.4, 0.5) is 13.2 Å². The van der Waals surface area contributed by atoms with E-state index in [1.807, 2.05) is 0 Å². The number of ether oxygens (including phenoxy) is 1. The third-order valence-corrected chi connectivity index (χ3v) is 4.20. The van der Waals surface area contributed by atoms with Gasteiger partial charge in [-0.05, 0) is 41.6 Å². The van der Waals surface area contributed by atoms with Crippen LogP contribution in [-0.4, -0.2) is 24.5 Å². The van der Waals surface area contributed by atoms with Gasteiger partial charge in [0, 0.05) is 10.5 Å². The van der Waals surface area contributed by atoms with Crippen LogP contribution >= 0.6 is 11.8 Å². The number of carbonyl (C=O) groups is 2. The monoisotopic (exact) mass is 383 g/mol. The fourth-order valence-electron chi connectivity index (χ4n) is 2.24. The average Bonchev–Trinajstić information content (AvgIpc) is 2.61. The van der Waals surface area contributed by atoms with Crippen molar-refractivity contribution in [2.24, 2.45) is 0 Å². The molecule has 0 saturated carbocycles. The van der Waals surface area contributed by atoms with Crippen molar-refractivity contribution >= 4 is 23.6 Å². The molecule has 138 valence electrons. The molecule has 0 aliphatic heterocycles. The van der Waals surface area contributed by atoms with E-state index in [0.717, 1.165) is 5.56 Å². The van der Waals surface area contributed by atoms with Crippen LogP contribution in [0, 0.1) is 0 Å². The van der Waals surface area contributed by atoms with E-state index in [0.29, 0.717) is 0 Å². The van der Waals surface area contributed by atoms with Gasteiger partial charge in [-0.25, -0.2) is 0 Å². The van der Waals surface area contributed by atoms with E-state index in [1.54, 1.807) is 30.3 Å². The van der Waals surface area contributed by atoms with Crippen LogP contribution in [0.15, 0.2) is 59.5 Å². The number of rotatable bonds is 6. The molecule has 0 fully saturated rings. The molecule has 0 aliphatic carbocycles. The molecular formula is C18H16F3NO3S. The van der Waals surface area contributed by atoms with Crippen LogP contribution in [0.2, 0.25) is 0 Å². The first-order chi connectivity index (χ1) is 12.3. The van der Waals surface area contributed by atoms with Gasteiger partial charge in [0.15, 0.2) is 0 Å². The second-order valence-corrected chi connectivity index (χ2v) is 6.43. The van der Waals surface area contributed by atoms with E-state index >= 15 is 0 Å². The topological polar surface area (TPSA) is 55.4 Å². The second kappa shape index (κ2) is 8.75. The van der Waals surface area contributed by atoms with Crippen LogP contribution in [0.5, 0.6) is 0 Å². The highest BCUT2D eigenvalue weighted by Gasteiger charge is 2.29. The normalized spacial score (nSPS) is 12.3. The molecule has 1 unspecified atom stereocenters. The van der Waals surface area contributed by atoms with Crippen LogP contribution in [-0.2, 0) is 9.53 Å². The van der Waals surface area contributed by atoms with Gasteiger partial charge < -0.3 is 10.1 Å². The largest absolute Gasteiger partial charge is 0.469 e. The highest BCUT2D eigenvalue weighted by molar-refractivity contribution is 8.00. The van der Waals surface area contributed by atoms with Crippen LogP contribution in [0.25, 0.3) is 0 Å². The van der Waals surface area contributed by atoms with Crippen molar-refractivity contribution in [2.75, 3.05) is 7.11 Å². The number of halogens is 3. The first kappa shape index (κ1) is 19.8. The summed E-state index contributed by atoms with van der Waals surface area (Å²) in [5.74, 6) is -0.984. The number of hydrogen-bond acceptors (Lipinski definition) is 4. The summed E-state index contributed by atoms with van der Waals surface area (Å²) < 4.78 is 41.7. The zero-order valence-corrected chi connectivity index (χ0v) is 14.6. The molecule has 1 N–H and O–H groups in total. The smallest absolute Gasteiger partial charge is 0.446 e. The maximum atomic E-state index is 12.4. The predicted molar refractivity (Wildman–Crippen MR) is 91.6 cm³/mol. The lowest BCUT2D eigenvalue weighted by Crippen LogP contribution is -2.30. The molecule has 0 bridgehead atoms. The predicted octanol–water partition coefficient (Wildman–Crippen LogP) is 4.33. The molecule has 0 aliphatic rings. The van der Waals surface area contributed by atoms with Gasteiger partial charge in [-0.3, -0.25) is 9.59 Å². The molecular weight excluding hydrogens is 367 g/mol. The van der Waals surface area contributed by atoms with Crippen molar-refractivity contribution < 1.29 is 27.5 Å². The summed E-state index contributed by atoms with van der Waals surface area (Å²) in [5.41, 5.74) is -3.47. The molecule has 0 radical (unpaired) electrons. The van der Waals surface area contributed by atoms with Gasteiger partial charge in [-0.2, -0.15) is 13.2 Å². The van der Waals surface area contributed by atoms with Gasteiger partial charge >= 0.3 is 11.5 Å². The van der Waals surface area contributed by atoms with Crippen molar-refractivity contribution in [3.05, 3.63) is 65.7 Å². The Labute approximate surface area is 152 Å². The number of hydrogen-bond donors (Lipinski definition) is 1. The number of carbonyl (C=O) groups excluding carboxylic acids is 2. The maximum absolute atomic E-state index is 12.4. The molecule has 0 saturated heterocycles. The van der Waals surface area contributed by atoms with Crippen LogP contribution < -0.4 is 5.32 Å². The Bertz CT molecular complexity index is 749. The van der Waals surface area contributed by atoms with Gasteiger partial charge in [0.05, 0.1) is 19.6 Å². The van der Waals surface area contributed by atoms with Crippen molar-refractivity contribution in [2.45, 2.75) is 22.9 Å². The summed E-state index contributed by atoms with van der Waals surface area (Å²) in [6.45, 7) is 0. The lowest BCUT2D eigenvalue weighted by atomic mass is 10.0. The van der Waals surface area contributed by atoms with Crippen LogP contribution in [0.1, 0.15) is 28.4 Å². The minimum atomic E-state index is -4.39. The van der Waals surface area contributed by atoms with Gasteiger partial charge in [0.25, 0.3) is 5.91 Å². The van der Waals surface area contributed by atoms with Gasteiger partial charge in [0.1, 0.15) is 0 Å². The molecule has 4 nitrogen and oxygen atoms in total. The SMILES string of the molecule is COC(=O)CC(NC(=O)c1ccc(SC(F)(F)F)cc1)c1ccccc1. The lowest BCUT2D eigenvalue weighted by Gasteiger charge is -2.18. The van der Waals surface area contributed by atoms with Crippen LogP contribution in [0.3, 0.4) is 0 Å². The number of alkyl halides is 3. The van der Waals surface area contributed by atoms with E-state index in [1.165, 1.54) is 31.4 Å². The van der Waals surface area contributed by atoms with Crippen molar-refractivity contribution in [3.8, 4) is 0 Å². The molecule has 0 spiro atoms. The van der Waals surface area contributed by atoms with E-state index in [9.17, 15) is 22.8 Å². The second-order valence-electron chi connectivity index (χ2n) is 5.29. The van der Waals surface area contributed by atoms with E-state index < -0.39 is 23.4 Å². The first-order valence-corrected chi connectivity index (χ1v) is 8.38.